The Morgan fingerprint density at radius 3 is 2.83 bits per heavy atom. The van der Waals surface area contributed by atoms with Gasteiger partial charge in [0.2, 0.25) is 5.82 Å². The SMILES string of the molecule is CCCNC(=O)c1nc(C(=O)Nc2cc(C)on2)n2ccccc12. The van der Waals surface area contributed by atoms with E-state index < -0.39 is 5.91 Å². The number of nitrogens with zero attached hydrogens (tertiary/aromatic N) is 3. The quantitative estimate of drug-likeness (QED) is 0.746. The number of carbonyl (C=O) groups excluding carboxylic acids is 2. The van der Waals surface area contributed by atoms with Crippen LogP contribution in [0, 0.1) is 6.92 Å². The topological polar surface area (TPSA) is 102 Å². The number of hydrogen-bond donors (Lipinski definition) is 2. The smallest absolute Gasteiger partial charge is 0.293 e. The van der Waals surface area contributed by atoms with Crippen molar-refractivity contribution in [2.45, 2.75) is 20.3 Å². The van der Waals surface area contributed by atoms with Crippen LogP contribution >= 0.6 is 0 Å². The van der Waals surface area contributed by atoms with Gasteiger partial charge in [-0.15, -0.1) is 0 Å². The van der Waals surface area contributed by atoms with Gasteiger partial charge in [0, 0.05) is 18.8 Å². The monoisotopic (exact) mass is 327 g/mol. The van der Waals surface area contributed by atoms with Crippen molar-refractivity contribution in [1.82, 2.24) is 19.9 Å². The van der Waals surface area contributed by atoms with E-state index in [1.165, 1.54) is 0 Å². The van der Waals surface area contributed by atoms with E-state index in [-0.39, 0.29) is 17.4 Å². The first-order valence-electron chi connectivity index (χ1n) is 7.60. The number of pyridine rings is 1. The zero-order valence-corrected chi connectivity index (χ0v) is 13.4. The highest BCUT2D eigenvalue weighted by molar-refractivity contribution is 6.05. The van der Waals surface area contributed by atoms with Crippen molar-refractivity contribution in [3.05, 3.63) is 47.7 Å². The predicted octanol–water partition coefficient (Wildman–Crippen LogP) is 2.02. The minimum atomic E-state index is -0.473. The Hall–Kier alpha value is -3.16. The van der Waals surface area contributed by atoms with Gasteiger partial charge in [-0.25, -0.2) is 4.98 Å². The average Bonchev–Trinajstić information content (AvgIpc) is 3.16. The van der Waals surface area contributed by atoms with Gasteiger partial charge in [-0.2, -0.15) is 0 Å². The Balaban J connectivity index is 1.95. The van der Waals surface area contributed by atoms with Crippen LogP contribution in [0.25, 0.3) is 5.52 Å². The number of nitrogens with one attached hydrogen (secondary N) is 2. The van der Waals surface area contributed by atoms with Crippen molar-refractivity contribution in [2.24, 2.45) is 0 Å². The zero-order valence-electron chi connectivity index (χ0n) is 13.4. The number of rotatable bonds is 5. The molecule has 2 N–H and O–H groups in total. The van der Waals surface area contributed by atoms with Gasteiger partial charge in [-0.1, -0.05) is 18.1 Å². The van der Waals surface area contributed by atoms with Crippen LogP contribution in [0.15, 0.2) is 35.0 Å². The fourth-order valence-corrected chi connectivity index (χ4v) is 2.28. The summed E-state index contributed by atoms with van der Waals surface area (Å²) >= 11 is 0. The Morgan fingerprint density at radius 1 is 1.29 bits per heavy atom. The molecule has 0 saturated heterocycles. The van der Waals surface area contributed by atoms with Gasteiger partial charge >= 0.3 is 0 Å². The molecule has 3 heterocycles. The lowest BCUT2D eigenvalue weighted by atomic mass is 10.3. The summed E-state index contributed by atoms with van der Waals surface area (Å²) < 4.78 is 6.49. The fraction of sp³-hybridized carbons (Fsp3) is 0.250. The van der Waals surface area contributed by atoms with Crippen molar-refractivity contribution >= 4 is 23.1 Å². The maximum Gasteiger partial charge on any atom is 0.293 e. The fourth-order valence-electron chi connectivity index (χ4n) is 2.28. The molecule has 0 unspecified atom stereocenters. The van der Waals surface area contributed by atoms with Crippen LogP contribution < -0.4 is 10.6 Å². The molecule has 2 amide bonds. The molecule has 0 saturated carbocycles. The number of anilines is 1. The molecule has 0 aromatic carbocycles. The molecular weight excluding hydrogens is 310 g/mol. The highest BCUT2D eigenvalue weighted by atomic mass is 16.5. The number of amides is 2. The van der Waals surface area contributed by atoms with Crippen LogP contribution in [0.4, 0.5) is 5.82 Å². The maximum atomic E-state index is 12.5. The lowest BCUT2D eigenvalue weighted by Crippen LogP contribution is -2.24. The number of carbonyl (C=O) groups is 2. The minimum absolute atomic E-state index is 0.105. The number of aryl methyl sites for hydroxylation is 1. The summed E-state index contributed by atoms with van der Waals surface area (Å²) in [7, 11) is 0. The molecule has 3 rings (SSSR count). The van der Waals surface area contributed by atoms with Crippen LogP contribution in [-0.2, 0) is 0 Å². The molecule has 3 aromatic heterocycles. The summed E-state index contributed by atoms with van der Waals surface area (Å²) in [4.78, 5) is 29.0. The van der Waals surface area contributed by atoms with E-state index in [9.17, 15) is 9.59 Å². The summed E-state index contributed by atoms with van der Waals surface area (Å²) in [6, 6.07) is 6.89. The molecule has 0 aliphatic carbocycles. The second-order valence-corrected chi connectivity index (χ2v) is 5.27. The van der Waals surface area contributed by atoms with Crippen LogP contribution in [0.3, 0.4) is 0 Å². The molecule has 8 nitrogen and oxygen atoms in total. The second kappa shape index (κ2) is 6.53. The van der Waals surface area contributed by atoms with Gasteiger partial charge in [0.1, 0.15) is 5.76 Å². The standard InChI is InChI=1S/C16H17N5O3/c1-3-7-17-15(22)13-11-6-4-5-8-21(11)14(19-13)16(23)18-12-9-10(2)24-20-12/h4-6,8-9H,3,7H2,1-2H3,(H,17,22)(H,18,20,23). The maximum absolute atomic E-state index is 12.5. The van der Waals surface area contributed by atoms with E-state index >= 15 is 0 Å². The third kappa shape index (κ3) is 2.98. The third-order valence-corrected chi connectivity index (χ3v) is 3.37. The lowest BCUT2D eigenvalue weighted by molar-refractivity contribution is 0.0951. The summed E-state index contributed by atoms with van der Waals surface area (Å²) in [5, 5.41) is 9.10. The Kier molecular flexibility index (Phi) is 4.28. The zero-order chi connectivity index (χ0) is 17.1. The van der Waals surface area contributed by atoms with Gasteiger partial charge in [0.25, 0.3) is 11.8 Å². The van der Waals surface area contributed by atoms with Gasteiger partial charge in [0.15, 0.2) is 11.5 Å². The summed E-state index contributed by atoms with van der Waals surface area (Å²) in [5.74, 6) is 0.198. The van der Waals surface area contributed by atoms with Crippen LogP contribution in [-0.4, -0.2) is 32.9 Å². The van der Waals surface area contributed by atoms with E-state index in [2.05, 4.69) is 20.8 Å². The lowest BCUT2D eigenvalue weighted by Gasteiger charge is -2.00. The normalized spacial score (nSPS) is 10.8. The van der Waals surface area contributed by atoms with Gasteiger partial charge in [-0.05, 0) is 25.5 Å². The first kappa shape index (κ1) is 15.7. The first-order chi connectivity index (χ1) is 11.6. The van der Waals surface area contributed by atoms with Crippen molar-refractivity contribution in [2.75, 3.05) is 11.9 Å². The van der Waals surface area contributed by atoms with Crippen LogP contribution in [0.5, 0.6) is 0 Å². The summed E-state index contributed by atoms with van der Waals surface area (Å²) in [6.45, 7) is 4.23. The minimum Gasteiger partial charge on any atom is -0.360 e. The molecule has 24 heavy (non-hydrogen) atoms. The highest BCUT2D eigenvalue weighted by Gasteiger charge is 2.21. The molecule has 0 aliphatic rings. The number of aromatic nitrogens is 3. The Morgan fingerprint density at radius 2 is 2.12 bits per heavy atom. The van der Waals surface area contributed by atoms with Gasteiger partial charge in [-0.3, -0.25) is 14.0 Å². The largest absolute Gasteiger partial charge is 0.360 e. The van der Waals surface area contributed by atoms with Crippen LogP contribution in [0.2, 0.25) is 0 Å². The molecule has 3 aromatic rings. The first-order valence-corrected chi connectivity index (χ1v) is 7.60. The van der Waals surface area contributed by atoms with E-state index in [4.69, 9.17) is 4.52 Å². The summed E-state index contributed by atoms with van der Waals surface area (Å²) in [5.41, 5.74) is 0.776. The third-order valence-electron chi connectivity index (χ3n) is 3.37. The Labute approximate surface area is 137 Å². The average molecular weight is 327 g/mol. The molecule has 0 fully saturated rings. The molecule has 0 bridgehead atoms. The van der Waals surface area contributed by atoms with Crippen molar-refractivity contribution < 1.29 is 14.1 Å². The number of hydrogen-bond acceptors (Lipinski definition) is 5. The number of imidazole rings is 1. The molecule has 0 aliphatic heterocycles. The molecular formula is C16H17N5O3. The van der Waals surface area contributed by atoms with E-state index in [0.717, 1.165) is 6.42 Å². The van der Waals surface area contributed by atoms with Crippen molar-refractivity contribution in [3.63, 3.8) is 0 Å². The van der Waals surface area contributed by atoms with Gasteiger partial charge in [0.05, 0.1) is 5.52 Å². The highest BCUT2D eigenvalue weighted by Crippen LogP contribution is 2.15. The molecule has 0 atom stereocenters. The van der Waals surface area contributed by atoms with Crippen molar-refractivity contribution in [3.8, 4) is 0 Å². The van der Waals surface area contributed by atoms with Gasteiger partial charge < -0.3 is 15.2 Å². The number of fused-ring (bicyclic) bond motifs is 1. The molecule has 0 spiro atoms. The second-order valence-electron chi connectivity index (χ2n) is 5.27. The molecule has 8 heteroatoms. The molecule has 0 radical (unpaired) electrons. The van der Waals surface area contributed by atoms with Crippen molar-refractivity contribution in [1.29, 1.82) is 0 Å². The van der Waals surface area contributed by atoms with E-state index in [1.54, 1.807) is 41.8 Å². The predicted molar refractivity (Wildman–Crippen MR) is 87.0 cm³/mol. The van der Waals surface area contributed by atoms with Crippen LogP contribution in [0.1, 0.15) is 40.2 Å². The Bertz CT molecular complexity index is 896. The summed E-state index contributed by atoms with van der Waals surface area (Å²) in [6.07, 6.45) is 2.50. The molecule has 124 valence electrons. The van der Waals surface area contributed by atoms with E-state index in [1.807, 2.05) is 6.92 Å². The van der Waals surface area contributed by atoms with E-state index in [0.29, 0.717) is 23.6 Å².